The van der Waals surface area contributed by atoms with Crippen molar-refractivity contribution in [3.63, 3.8) is 0 Å². The molecule has 15 heteroatoms. The molecule has 1 aromatic carbocycles. The second kappa shape index (κ2) is 27.8. The first-order valence-corrected chi connectivity index (χ1v) is 16.7. The molecule has 1 aliphatic carbocycles. The van der Waals surface area contributed by atoms with Crippen LogP contribution in [0.15, 0.2) is 36.4 Å². The van der Waals surface area contributed by atoms with Gasteiger partial charge in [0.25, 0.3) is 5.91 Å². The fourth-order valence-corrected chi connectivity index (χ4v) is 4.16. The van der Waals surface area contributed by atoms with Crippen LogP contribution >= 0.6 is 12.4 Å². The number of benzene rings is 1. The van der Waals surface area contributed by atoms with E-state index in [0.29, 0.717) is 49.8 Å². The van der Waals surface area contributed by atoms with E-state index in [0.717, 1.165) is 18.4 Å². The number of amides is 1. The van der Waals surface area contributed by atoms with Gasteiger partial charge in [-0.25, -0.2) is 0 Å². The molecule has 2 aromatic rings. The minimum Gasteiger partial charge on any atom is -0.852 e. The number of alkyl halides is 3. The van der Waals surface area contributed by atoms with Gasteiger partial charge in [-0.2, -0.15) is 13.2 Å². The van der Waals surface area contributed by atoms with Crippen LogP contribution in [-0.2, 0) is 27.9 Å². The van der Waals surface area contributed by atoms with Crippen molar-refractivity contribution in [2.75, 3.05) is 37.6 Å². The van der Waals surface area contributed by atoms with Crippen LogP contribution in [0.2, 0.25) is 0 Å². The molecule has 0 bridgehead atoms. The first-order chi connectivity index (χ1) is 22.3. The number of halogens is 4. The number of hydrogen-bond acceptors (Lipinski definition) is 9. The van der Waals surface area contributed by atoms with Crippen LogP contribution in [0.3, 0.4) is 0 Å². The summed E-state index contributed by atoms with van der Waals surface area (Å²) in [4.78, 5) is 16.3. The molecule has 0 spiro atoms. The number of piperazine rings is 1. The Kier molecular flexibility index (Phi) is 29.2. The third kappa shape index (κ3) is 26.0. The molecule has 1 atom stereocenters. The second-order valence-electron chi connectivity index (χ2n) is 12.7. The van der Waals surface area contributed by atoms with E-state index >= 15 is 0 Å². The predicted octanol–water partition coefficient (Wildman–Crippen LogP) is 3.35. The van der Waals surface area contributed by atoms with Gasteiger partial charge < -0.3 is 30.6 Å². The van der Waals surface area contributed by atoms with E-state index in [-0.39, 0.29) is 46.1 Å². The second-order valence-corrected chi connectivity index (χ2v) is 12.7. The Hall–Kier alpha value is -1.84. The number of nitrogens with one attached hydrogen (secondary N) is 1. The number of rotatable bonds is 7. The van der Waals surface area contributed by atoms with E-state index in [4.69, 9.17) is 0 Å². The van der Waals surface area contributed by atoms with Gasteiger partial charge in [0.15, 0.2) is 11.5 Å². The van der Waals surface area contributed by atoms with Gasteiger partial charge in [0.2, 0.25) is 0 Å². The van der Waals surface area contributed by atoms with E-state index in [1.54, 1.807) is 79.7 Å². The Morgan fingerprint density at radius 1 is 0.800 bits per heavy atom. The maximum Gasteiger partial charge on any atom is 4.00 e. The zero-order valence-corrected chi connectivity index (χ0v) is 33.3. The van der Waals surface area contributed by atoms with Crippen molar-refractivity contribution in [3.05, 3.63) is 53.2 Å². The van der Waals surface area contributed by atoms with Crippen LogP contribution in [0.1, 0.15) is 109 Å². The number of carbonyl (C=O) groups excluding carboxylic acids is 1. The Labute approximate surface area is 318 Å². The van der Waals surface area contributed by atoms with Gasteiger partial charge >= 0.3 is 27.9 Å². The molecule has 1 N–H and O–H groups in total. The normalized spacial score (nSPS) is 14.7. The van der Waals surface area contributed by atoms with E-state index in [1.807, 2.05) is 11.8 Å². The summed E-state index contributed by atoms with van der Waals surface area (Å²) in [5.74, 6) is 1.21. The molecule has 1 amide bonds. The van der Waals surface area contributed by atoms with Gasteiger partial charge in [-0.1, -0.05) is 86.4 Å². The zero-order valence-electron chi connectivity index (χ0n) is 31.0. The third-order valence-corrected chi connectivity index (χ3v) is 6.32. The van der Waals surface area contributed by atoms with Crippen LogP contribution < -0.4 is 30.6 Å². The van der Waals surface area contributed by atoms with Crippen LogP contribution in [0, 0.1) is 5.92 Å². The molecular weight excluding hydrogens is 711 g/mol. The fraction of sp³-hybridized carbons (Fsp3) is 0.686. The smallest absolute Gasteiger partial charge is 0.852 e. The van der Waals surface area contributed by atoms with Gasteiger partial charge in [-0.15, -0.1) is 47.0 Å². The molecule has 10 nitrogen and oxygen atoms in total. The maximum atomic E-state index is 13.4. The number of carbonyl (C=O) groups is 1. The SMILES string of the molecule is CC(C)[O-].CC(C)[O-].CC(C)[O-].CC(C)[O-].CC(c1ccccc1C(F)(F)F)N1CCN(c2ccc(C(=O)NCCC3CC3)nn2)CC1.Cl.[Ti+4]. The molecular formula is C35H57ClF3N5O5Ti. The summed E-state index contributed by atoms with van der Waals surface area (Å²) in [6.07, 6.45) is -2.52. The topological polar surface area (TPSA) is 154 Å². The molecule has 2 aliphatic rings. The summed E-state index contributed by atoms with van der Waals surface area (Å²) in [6.45, 7) is 17.8. The molecule has 4 rings (SSSR count). The van der Waals surface area contributed by atoms with Crippen molar-refractivity contribution in [3.8, 4) is 0 Å². The first kappa shape index (κ1) is 52.5. The van der Waals surface area contributed by atoms with Crippen molar-refractivity contribution in [2.24, 2.45) is 5.92 Å². The number of aromatic nitrogens is 2. The average Bonchev–Trinajstić information content (AvgIpc) is 3.80. The average molecular weight is 768 g/mol. The Bertz CT molecular complexity index is 1100. The standard InChI is InChI=1S/C23H28F3N5O.4C3H7O.ClH.Ti/c1-16(18-4-2-3-5-19(18)23(24,25)26)30-12-14-31(15-13-30)21-9-8-20(28-29-21)22(32)27-11-10-17-6-7-17;4*1-3(2)4;;/h2-5,8-9,16-17H,6-7,10-15H2,1H3,(H,27,32);4*3H,1-2H3;1H;/q;4*-1;;+4. The number of anilines is 1. The number of nitrogens with zero attached hydrogens (tertiary/aromatic N) is 4. The molecule has 284 valence electrons. The molecule has 1 saturated heterocycles. The Morgan fingerprint density at radius 2 is 1.26 bits per heavy atom. The van der Waals surface area contributed by atoms with Crippen molar-refractivity contribution in [1.29, 1.82) is 0 Å². The summed E-state index contributed by atoms with van der Waals surface area (Å²) < 4.78 is 40.2. The minimum atomic E-state index is -4.37. The molecule has 2 heterocycles. The largest absolute Gasteiger partial charge is 4.00 e. The quantitative estimate of drug-likeness (QED) is 0.418. The van der Waals surface area contributed by atoms with Gasteiger partial charge in [0.05, 0.1) is 5.56 Å². The van der Waals surface area contributed by atoms with Crippen molar-refractivity contribution in [1.82, 2.24) is 20.4 Å². The van der Waals surface area contributed by atoms with Crippen LogP contribution in [0.4, 0.5) is 19.0 Å². The van der Waals surface area contributed by atoms with Crippen molar-refractivity contribution >= 4 is 24.1 Å². The van der Waals surface area contributed by atoms with E-state index in [2.05, 4.69) is 20.4 Å². The van der Waals surface area contributed by atoms with Crippen LogP contribution in [0.5, 0.6) is 0 Å². The summed E-state index contributed by atoms with van der Waals surface area (Å²) in [5.41, 5.74) is 0.0117. The first-order valence-electron chi connectivity index (χ1n) is 16.7. The Morgan fingerprint density at radius 3 is 1.66 bits per heavy atom. The van der Waals surface area contributed by atoms with Gasteiger partial charge in [-0.3, -0.25) is 9.69 Å². The van der Waals surface area contributed by atoms with Crippen molar-refractivity contribution < 1.29 is 60.1 Å². The van der Waals surface area contributed by atoms with Gasteiger partial charge in [-0.05, 0) is 43.0 Å². The maximum absolute atomic E-state index is 13.4. The predicted molar refractivity (Wildman–Crippen MR) is 183 cm³/mol. The van der Waals surface area contributed by atoms with Crippen LogP contribution in [-0.4, -0.2) is 78.1 Å². The summed E-state index contributed by atoms with van der Waals surface area (Å²) in [5, 5.41) is 49.3. The third-order valence-electron chi connectivity index (χ3n) is 6.32. The number of hydrogen-bond donors (Lipinski definition) is 1. The molecule has 0 radical (unpaired) electrons. The molecule has 1 aliphatic heterocycles. The summed E-state index contributed by atoms with van der Waals surface area (Å²) in [6, 6.07) is 8.87. The Balaban J connectivity index is -0.00000104. The van der Waals surface area contributed by atoms with Crippen molar-refractivity contribution in [2.45, 2.75) is 118 Å². The van der Waals surface area contributed by atoms with E-state index in [1.165, 1.54) is 18.9 Å². The van der Waals surface area contributed by atoms with Gasteiger partial charge in [0.1, 0.15) is 0 Å². The zero-order chi connectivity index (χ0) is 37.0. The van der Waals surface area contributed by atoms with Crippen LogP contribution in [0.25, 0.3) is 0 Å². The summed E-state index contributed by atoms with van der Waals surface area (Å²) in [7, 11) is 0. The fourth-order valence-electron chi connectivity index (χ4n) is 4.16. The minimum absolute atomic E-state index is 0. The van der Waals surface area contributed by atoms with Gasteiger partial charge in [0, 0.05) is 38.8 Å². The molecule has 2 fully saturated rings. The molecule has 1 unspecified atom stereocenters. The van der Waals surface area contributed by atoms with E-state index in [9.17, 15) is 38.4 Å². The monoisotopic (exact) mass is 767 g/mol. The molecule has 1 saturated carbocycles. The molecule has 1 aromatic heterocycles. The molecule has 50 heavy (non-hydrogen) atoms. The van der Waals surface area contributed by atoms with E-state index < -0.39 is 36.2 Å². The summed E-state index contributed by atoms with van der Waals surface area (Å²) >= 11 is 0.